The zero-order chi connectivity index (χ0) is 18.2. The summed E-state index contributed by atoms with van der Waals surface area (Å²) in [6.07, 6.45) is 0.531. The third kappa shape index (κ3) is 4.00. The van der Waals surface area contributed by atoms with E-state index in [1.54, 1.807) is 30.0 Å². The van der Waals surface area contributed by atoms with E-state index in [1.807, 2.05) is 4.90 Å². The fourth-order valence-corrected chi connectivity index (χ4v) is 3.08. The molecule has 2 amide bonds. The fraction of sp³-hybridized carbons (Fsp3) is 0.526. The SMILES string of the molecule is Cc1nc2cc(C(=O)N3CCN(C(=O)CC(C)(C)C)CC3)ccc2o1. The van der Waals surface area contributed by atoms with Gasteiger partial charge in [0.15, 0.2) is 11.5 Å². The number of rotatable bonds is 2. The van der Waals surface area contributed by atoms with E-state index in [4.69, 9.17) is 4.42 Å². The Morgan fingerprint density at radius 3 is 2.40 bits per heavy atom. The van der Waals surface area contributed by atoms with E-state index in [1.165, 1.54) is 0 Å². The summed E-state index contributed by atoms with van der Waals surface area (Å²) in [5.41, 5.74) is 1.97. The third-order valence-electron chi connectivity index (χ3n) is 4.34. The summed E-state index contributed by atoms with van der Waals surface area (Å²) in [5, 5.41) is 0. The number of hydrogen-bond acceptors (Lipinski definition) is 4. The molecule has 6 nitrogen and oxygen atoms in total. The first kappa shape index (κ1) is 17.5. The average molecular weight is 343 g/mol. The van der Waals surface area contributed by atoms with Crippen LogP contribution in [0.15, 0.2) is 22.6 Å². The lowest BCUT2D eigenvalue weighted by molar-refractivity contribution is -0.134. The number of benzene rings is 1. The molecule has 0 aliphatic carbocycles. The second-order valence-electron chi connectivity index (χ2n) is 7.83. The minimum absolute atomic E-state index is 0.0187. The predicted molar refractivity (Wildman–Crippen MR) is 95.3 cm³/mol. The Morgan fingerprint density at radius 1 is 1.12 bits per heavy atom. The van der Waals surface area contributed by atoms with Crippen LogP contribution in [0.4, 0.5) is 0 Å². The van der Waals surface area contributed by atoms with Gasteiger partial charge in [0.2, 0.25) is 5.91 Å². The quantitative estimate of drug-likeness (QED) is 0.841. The number of amides is 2. The van der Waals surface area contributed by atoms with Gasteiger partial charge in [-0.2, -0.15) is 0 Å². The van der Waals surface area contributed by atoms with Crippen LogP contribution in [-0.4, -0.2) is 52.8 Å². The minimum atomic E-state index is -0.0227. The van der Waals surface area contributed by atoms with E-state index in [0.29, 0.717) is 55.2 Å². The van der Waals surface area contributed by atoms with E-state index < -0.39 is 0 Å². The molecule has 0 bridgehead atoms. The van der Waals surface area contributed by atoms with Gasteiger partial charge in [0.1, 0.15) is 5.52 Å². The number of nitrogens with zero attached hydrogens (tertiary/aromatic N) is 3. The van der Waals surface area contributed by atoms with E-state index in [9.17, 15) is 9.59 Å². The number of carbonyl (C=O) groups excluding carboxylic acids is 2. The van der Waals surface area contributed by atoms with Crippen molar-refractivity contribution in [3.05, 3.63) is 29.7 Å². The van der Waals surface area contributed by atoms with Gasteiger partial charge in [-0.3, -0.25) is 9.59 Å². The van der Waals surface area contributed by atoms with Crippen molar-refractivity contribution in [3.8, 4) is 0 Å². The third-order valence-corrected chi connectivity index (χ3v) is 4.34. The predicted octanol–water partition coefficient (Wildman–Crippen LogP) is 2.86. The molecule has 0 spiro atoms. The molecule has 0 atom stereocenters. The molecular formula is C19H25N3O3. The Hall–Kier alpha value is -2.37. The molecule has 0 unspecified atom stereocenters. The smallest absolute Gasteiger partial charge is 0.254 e. The summed E-state index contributed by atoms with van der Waals surface area (Å²) < 4.78 is 5.45. The van der Waals surface area contributed by atoms with Crippen molar-refractivity contribution >= 4 is 22.9 Å². The molecule has 0 N–H and O–H groups in total. The Balaban J connectivity index is 1.63. The number of oxazole rings is 1. The number of carbonyl (C=O) groups is 2. The van der Waals surface area contributed by atoms with Gasteiger partial charge in [0.25, 0.3) is 5.91 Å². The van der Waals surface area contributed by atoms with Crippen molar-refractivity contribution in [1.29, 1.82) is 0 Å². The molecule has 0 saturated carbocycles. The molecule has 1 fully saturated rings. The molecule has 6 heteroatoms. The average Bonchev–Trinajstić information content (AvgIpc) is 2.91. The molecule has 1 aliphatic rings. The highest BCUT2D eigenvalue weighted by Crippen LogP contribution is 2.21. The topological polar surface area (TPSA) is 66.7 Å². The Labute approximate surface area is 147 Å². The van der Waals surface area contributed by atoms with Crippen LogP contribution < -0.4 is 0 Å². The van der Waals surface area contributed by atoms with Gasteiger partial charge in [-0.05, 0) is 23.6 Å². The van der Waals surface area contributed by atoms with Gasteiger partial charge in [-0.25, -0.2) is 4.98 Å². The number of aryl methyl sites for hydroxylation is 1. The molecule has 3 rings (SSSR count). The van der Waals surface area contributed by atoms with Crippen LogP contribution in [0, 0.1) is 12.3 Å². The van der Waals surface area contributed by atoms with Crippen LogP contribution in [0.1, 0.15) is 43.4 Å². The maximum Gasteiger partial charge on any atom is 0.254 e. The van der Waals surface area contributed by atoms with E-state index >= 15 is 0 Å². The van der Waals surface area contributed by atoms with Gasteiger partial charge >= 0.3 is 0 Å². The van der Waals surface area contributed by atoms with Crippen LogP contribution in [0.25, 0.3) is 11.1 Å². The zero-order valence-electron chi connectivity index (χ0n) is 15.3. The lowest BCUT2D eigenvalue weighted by atomic mass is 9.91. The Bertz CT molecular complexity index is 796. The molecule has 134 valence electrons. The number of hydrogen-bond donors (Lipinski definition) is 0. The van der Waals surface area contributed by atoms with Crippen molar-refractivity contribution in [2.75, 3.05) is 26.2 Å². The molecule has 1 aromatic carbocycles. The first-order valence-corrected chi connectivity index (χ1v) is 8.67. The van der Waals surface area contributed by atoms with Crippen LogP contribution in [0.2, 0.25) is 0 Å². The standard InChI is InChI=1S/C19H25N3O3/c1-13-20-15-11-14(5-6-16(15)25-13)18(24)22-9-7-21(8-10-22)17(23)12-19(2,3)4/h5-6,11H,7-10,12H2,1-4H3. The molecule has 25 heavy (non-hydrogen) atoms. The zero-order valence-corrected chi connectivity index (χ0v) is 15.3. The normalized spacial score (nSPS) is 15.7. The largest absolute Gasteiger partial charge is 0.441 e. The van der Waals surface area contributed by atoms with Gasteiger partial charge in [0.05, 0.1) is 0 Å². The lowest BCUT2D eigenvalue weighted by Crippen LogP contribution is -2.51. The number of piperazine rings is 1. The Morgan fingerprint density at radius 2 is 1.76 bits per heavy atom. The number of fused-ring (bicyclic) bond motifs is 1. The summed E-state index contributed by atoms with van der Waals surface area (Å²) in [6, 6.07) is 5.32. The first-order chi connectivity index (χ1) is 11.7. The van der Waals surface area contributed by atoms with Crippen molar-refractivity contribution in [3.63, 3.8) is 0 Å². The monoisotopic (exact) mass is 343 g/mol. The highest BCUT2D eigenvalue weighted by atomic mass is 16.3. The van der Waals surface area contributed by atoms with Crippen LogP contribution in [0.3, 0.4) is 0 Å². The Kier molecular flexibility index (Phi) is 4.54. The summed E-state index contributed by atoms with van der Waals surface area (Å²) in [5.74, 6) is 0.732. The number of aromatic nitrogens is 1. The van der Waals surface area contributed by atoms with Crippen molar-refractivity contribution in [1.82, 2.24) is 14.8 Å². The van der Waals surface area contributed by atoms with E-state index in [-0.39, 0.29) is 17.2 Å². The van der Waals surface area contributed by atoms with Crippen molar-refractivity contribution < 1.29 is 14.0 Å². The van der Waals surface area contributed by atoms with Gasteiger partial charge < -0.3 is 14.2 Å². The lowest BCUT2D eigenvalue weighted by Gasteiger charge is -2.36. The molecular weight excluding hydrogens is 318 g/mol. The summed E-state index contributed by atoms with van der Waals surface area (Å²) >= 11 is 0. The second-order valence-corrected chi connectivity index (χ2v) is 7.83. The van der Waals surface area contributed by atoms with Crippen molar-refractivity contribution in [2.45, 2.75) is 34.1 Å². The molecule has 1 aliphatic heterocycles. The second kappa shape index (κ2) is 6.50. The maximum atomic E-state index is 12.7. The van der Waals surface area contributed by atoms with Gasteiger partial charge in [-0.1, -0.05) is 20.8 Å². The highest BCUT2D eigenvalue weighted by molar-refractivity contribution is 5.97. The molecule has 1 aromatic heterocycles. The molecule has 2 heterocycles. The van der Waals surface area contributed by atoms with E-state index in [0.717, 1.165) is 0 Å². The van der Waals surface area contributed by atoms with Crippen molar-refractivity contribution in [2.24, 2.45) is 5.41 Å². The van der Waals surface area contributed by atoms with Crippen LogP contribution >= 0.6 is 0 Å². The summed E-state index contributed by atoms with van der Waals surface area (Å²) in [4.78, 5) is 33.0. The molecule has 2 aromatic rings. The van der Waals surface area contributed by atoms with Gasteiger partial charge in [-0.15, -0.1) is 0 Å². The van der Waals surface area contributed by atoms with E-state index in [2.05, 4.69) is 25.8 Å². The first-order valence-electron chi connectivity index (χ1n) is 8.67. The summed E-state index contributed by atoms with van der Waals surface area (Å²) in [6.45, 7) is 10.3. The maximum absolute atomic E-state index is 12.7. The van der Waals surface area contributed by atoms with Crippen LogP contribution in [0.5, 0.6) is 0 Å². The molecule has 0 radical (unpaired) electrons. The summed E-state index contributed by atoms with van der Waals surface area (Å²) in [7, 11) is 0. The fourth-order valence-electron chi connectivity index (χ4n) is 3.08. The molecule has 1 saturated heterocycles. The van der Waals surface area contributed by atoms with Crippen LogP contribution in [-0.2, 0) is 4.79 Å². The van der Waals surface area contributed by atoms with Gasteiger partial charge in [0, 0.05) is 45.1 Å². The minimum Gasteiger partial charge on any atom is -0.441 e. The highest BCUT2D eigenvalue weighted by Gasteiger charge is 2.27.